The van der Waals surface area contributed by atoms with Gasteiger partial charge in [0.15, 0.2) is 4.75 Å². The Morgan fingerprint density at radius 1 is 1.35 bits per heavy atom. The van der Waals surface area contributed by atoms with Gasteiger partial charge >= 0.3 is 0 Å². The molecule has 0 fully saturated rings. The molecule has 1 N–H and O–H groups in total. The SMILES string of the molecule is CN(C)C(=O)C1(C)Sc2ccccc2NC1=O. The first-order valence-corrected chi connectivity index (χ1v) is 6.08. The highest BCUT2D eigenvalue weighted by Crippen LogP contribution is 2.42. The second-order valence-electron chi connectivity index (χ2n) is 4.29. The van der Waals surface area contributed by atoms with Crippen LogP contribution in [-0.4, -0.2) is 35.6 Å². The number of amides is 2. The van der Waals surface area contributed by atoms with Crippen molar-refractivity contribution in [1.29, 1.82) is 0 Å². The summed E-state index contributed by atoms with van der Waals surface area (Å²) in [5, 5.41) is 2.78. The molecule has 0 saturated heterocycles. The highest BCUT2D eigenvalue weighted by molar-refractivity contribution is 8.02. The average Bonchev–Trinajstić information content (AvgIpc) is 2.29. The Labute approximate surface area is 104 Å². The van der Waals surface area contributed by atoms with Crippen molar-refractivity contribution >= 4 is 29.3 Å². The van der Waals surface area contributed by atoms with E-state index in [1.54, 1.807) is 21.0 Å². The molecule has 1 atom stereocenters. The zero-order chi connectivity index (χ0) is 12.6. The van der Waals surface area contributed by atoms with Gasteiger partial charge in [0.1, 0.15) is 0 Å². The van der Waals surface area contributed by atoms with E-state index >= 15 is 0 Å². The summed E-state index contributed by atoms with van der Waals surface area (Å²) in [5.74, 6) is -0.464. The van der Waals surface area contributed by atoms with E-state index in [1.807, 2.05) is 24.3 Å². The van der Waals surface area contributed by atoms with Gasteiger partial charge in [0.2, 0.25) is 11.8 Å². The van der Waals surface area contributed by atoms with Crippen molar-refractivity contribution in [2.24, 2.45) is 0 Å². The number of rotatable bonds is 1. The van der Waals surface area contributed by atoms with Crippen LogP contribution in [0, 0.1) is 0 Å². The molecule has 0 aliphatic carbocycles. The first-order valence-electron chi connectivity index (χ1n) is 5.26. The number of fused-ring (bicyclic) bond motifs is 1. The fraction of sp³-hybridized carbons (Fsp3) is 0.333. The molecule has 1 aromatic carbocycles. The number of nitrogens with one attached hydrogen (secondary N) is 1. The highest BCUT2D eigenvalue weighted by Gasteiger charge is 2.46. The van der Waals surface area contributed by atoms with Crippen molar-refractivity contribution in [3.05, 3.63) is 24.3 Å². The largest absolute Gasteiger partial charge is 0.347 e. The van der Waals surface area contributed by atoms with Crippen molar-refractivity contribution in [2.75, 3.05) is 19.4 Å². The molecule has 1 unspecified atom stereocenters. The van der Waals surface area contributed by atoms with Crippen LogP contribution in [0.2, 0.25) is 0 Å². The van der Waals surface area contributed by atoms with Gasteiger partial charge in [-0.25, -0.2) is 0 Å². The number of nitrogens with zero attached hydrogens (tertiary/aromatic N) is 1. The van der Waals surface area contributed by atoms with Gasteiger partial charge in [-0.05, 0) is 19.1 Å². The van der Waals surface area contributed by atoms with Crippen LogP contribution in [0.4, 0.5) is 5.69 Å². The molecule has 2 amide bonds. The molecule has 0 spiro atoms. The number of anilines is 1. The number of carbonyl (C=O) groups excluding carboxylic acids is 2. The normalized spacial score (nSPS) is 22.6. The number of hydrogen-bond donors (Lipinski definition) is 1. The van der Waals surface area contributed by atoms with Crippen LogP contribution in [0.15, 0.2) is 29.2 Å². The Morgan fingerprint density at radius 2 is 2.00 bits per heavy atom. The van der Waals surface area contributed by atoms with Gasteiger partial charge in [-0.15, -0.1) is 0 Å². The maximum absolute atomic E-state index is 12.1. The molecule has 1 aliphatic rings. The van der Waals surface area contributed by atoms with E-state index in [1.165, 1.54) is 16.7 Å². The molecule has 17 heavy (non-hydrogen) atoms. The predicted molar refractivity (Wildman–Crippen MR) is 68.0 cm³/mol. The molecule has 4 nitrogen and oxygen atoms in total. The number of hydrogen-bond acceptors (Lipinski definition) is 3. The average molecular weight is 250 g/mol. The summed E-state index contributed by atoms with van der Waals surface area (Å²) in [7, 11) is 3.31. The van der Waals surface area contributed by atoms with Crippen molar-refractivity contribution in [3.63, 3.8) is 0 Å². The Kier molecular flexibility index (Phi) is 2.87. The molecule has 0 bridgehead atoms. The Bertz CT molecular complexity index is 487. The van der Waals surface area contributed by atoms with Crippen LogP contribution in [-0.2, 0) is 9.59 Å². The van der Waals surface area contributed by atoms with Gasteiger partial charge < -0.3 is 10.2 Å². The van der Waals surface area contributed by atoms with Crippen molar-refractivity contribution < 1.29 is 9.59 Å². The van der Waals surface area contributed by atoms with Crippen LogP contribution in [0.3, 0.4) is 0 Å². The fourth-order valence-corrected chi connectivity index (χ4v) is 2.96. The van der Waals surface area contributed by atoms with Gasteiger partial charge in [-0.3, -0.25) is 9.59 Å². The first-order chi connectivity index (χ1) is 7.95. The quantitative estimate of drug-likeness (QED) is 0.770. The van der Waals surface area contributed by atoms with E-state index in [9.17, 15) is 9.59 Å². The molecule has 1 heterocycles. The molecule has 0 aromatic heterocycles. The molecule has 1 aromatic rings. The number of benzene rings is 1. The van der Waals surface area contributed by atoms with E-state index in [4.69, 9.17) is 0 Å². The van der Waals surface area contributed by atoms with Crippen molar-refractivity contribution in [3.8, 4) is 0 Å². The van der Waals surface area contributed by atoms with Crippen molar-refractivity contribution in [2.45, 2.75) is 16.6 Å². The zero-order valence-electron chi connectivity index (χ0n) is 9.98. The Hall–Kier alpha value is -1.49. The summed E-state index contributed by atoms with van der Waals surface area (Å²) in [6, 6.07) is 7.49. The third-order valence-electron chi connectivity index (χ3n) is 2.70. The van der Waals surface area contributed by atoms with Crippen LogP contribution < -0.4 is 5.32 Å². The van der Waals surface area contributed by atoms with Gasteiger partial charge in [0.05, 0.1) is 5.69 Å². The number of carbonyl (C=O) groups is 2. The molecule has 2 rings (SSSR count). The van der Waals surface area contributed by atoms with Crippen LogP contribution >= 0.6 is 11.8 Å². The lowest BCUT2D eigenvalue weighted by molar-refractivity contribution is -0.135. The van der Waals surface area contributed by atoms with Gasteiger partial charge in [-0.2, -0.15) is 0 Å². The van der Waals surface area contributed by atoms with E-state index in [0.717, 1.165) is 10.6 Å². The topological polar surface area (TPSA) is 49.4 Å². The number of para-hydroxylation sites is 1. The minimum absolute atomic E-state index is 0.200. The van der Waals surface area contributed by atoms with Crippen LogP contribution in [0.25, 0.3) is 0 Å². The molecular formula is C12H14N2O2S. The maximum atomic E-state index is 12.1. The summed E-state index contributed by atoms with van der Waals surface area (Å²) < 4.78 is -1.09. The Morgan fingerprint density at radius 3 is 2.65 bits per heavy atom. The molecule has 0 saturated carbocycles. The minimum Gasteiger partial charge on any atom is -0.347 e. The molecule has 90 valence electrons. The predicted octanol–water partition coefficient (Wildman–Crippen LogP) is 1.58. The number of thioether (sulfide) groups is 1. The lowest BCUT2D eigenvalue weighted by atomic mass is 10.1. The zero-order valence-corrected chi connectivity index (χ0v) is 10.8. The minimum atomic E-state index is -1.09. The van der Waals surface area contributed by atoms with E-state index < -0.39 is 4.75 Å². The van der Waals surface area contributed by atoms with E-state index in [2.05, 4.69) is 5.32 Å². The van der Waals surface area contributed by atoms with E-state index in [0.29, 0.717) is 0 Å². The summed E-state index contributed by atoms with van der Waals surface area (Å²) >= 11 is 1.30. The highest BCUT2D eigenvalue weighted by atomic mass is 32.2. The molecule has 5 heteroatoms. The van der Waals surface area contributed by atoms with Gasteiger partial charge in [0.25, 0.3) is 0 Å². The third kappa shape index (κ3) is 1.91. The third-order valence-corrected chi connectivity index (χ3v) is 4.04. The first kappa shape index (κ1) is 12.0. The summed E-state index contributed by atoms with van der Waals surface area (Å²) in [4.78, 5) is 26.5. The summed E-state index contributed by atoms with van der Waals surface area (Å²) in [6.07, 6.45) is 0. The Balaban J connectivity index is 2.41. The molecule has 0 radical (unpaired) electrons. The maximum Gasteiger partial charge on any atom is 0.250 e. The summed E-state index contributed by atoms with van der Waals surface area (Å²) in [5.41, 5.74) is 0.770. The monoisotopic (exact) mass is 250 g/mol. The van der Waals surface area contributed by atoms with Crippen LogP contribution in [0.5, 0.6) is 0 Å². The standard InChI is InChI=1S/C12H14N2O2S/c1-12(11(16)14(2)3)10(15)13-8-6-4-5-7-9(8)17-12/h4-7H,1-3H3,(H,13,15). The second kappa shape index (κ2) is 4.07. The second-order valence-corrected chi connectivity index (χ2v) is 5.75. The van der Waals surface area contributed by atoms with E-state index in [-0.39, 0.29) is 11.8 Å². The van der Waals surface area contributed by atoms with Gasteiger partial charge in [-0.1, -0.05) is 23.9 Å². The molecule has 1 aliphatic heterocycles. The lowest BCUT2D eigenvalue weighted by Gasteiger charge is -2.33. The van der Waals surface area contributed by atoms with Gasteiger partial charge in [0, 0.05) is 19.0 Å². The summed E-state index contributed by atoms with van der Waals surface area (Å²) in [6.45, 7) is 1.66. The van der Waals surface area contributed by atoms with Crippen molar-refractivity contribution in [1.82, 2.24) is 4.90 Å². The lowest BCUT2D eigenvalue weighted by Crippen LogP contribution is -2.51. The smallest absolute Gasteiger partial charge is 0.250 e. The fourth-order valence-electron chi connectivity index (χ4n) is 1.73. The van der Waals surface area contributed by atoms with Crippen LogP contribution in [0.1, 0.15) is 6.92 Å². The molecular weight excluding hydrogens is 236 g/mol.